The predicted octanol–water partition coefficient (Wildman–Crippen LogP) is 3.60. The van der Waals surface area contributed by atoms with Gasteiger partial charge in [-0.15, -0.1) is 10.2 Å². The van der Waals surface area contributed by atoms with Gasteiger partial charge in [-0.05, 0) is 43.5 Å². The van der Waals surface area contributed by atoms with Crippen molar-refractivity contribution >= 4 is 23.1 Å². The number of aromatic nitrogens is 2. The van der Waals surface area contributed by atoms with Gasteiger partial charge in [-0.25, -0.2) is 0 Å². The van der Waals surface area contributed by atoms with Gasteiger partial charge in [-0.2, -0.15) is 0 Å². The monoisotopic (exact) mass is 259 g/mol. The van der Waals surface area contributed by atoms with Gasteiger partial charge in [0, 0.05) is 11.7 Å². The third kappa shape index (κ3) is 1.95. The summed E-state index contributed by atoms with van der Waals surface area (Å²) in [5.74, 6) is 0.860. The second-order valence-corrected chi connectivity index (χ2v) is 4.99. The van der Waals surface area contributed by atoms with Crippen LogP contribution < -0.4 is 4.90 Å². The lowest BCUT2D eigenvalue weighted by molar-refractivity contribution is 0.610. The minimum atomic E-state index is 0.426. The van der Waals surface area contributed by atoms with E-state index in [1.807, 2.05) is 6.07 Å². The normalized spacial score (nSPS) is 18.6. The topological polar surface area (TPSA) is 29.0 Å². The van der Waals surface area contributed by atoms with Crippen LogP contribution in [0, 0.1) is 0 Å². The van der Waals surface area contributed by atoms with E-state index in [4.69, 9.17) is 11.6 Å². The number of nitrogens with zero attached hydrogens (tertiary/aromatic N) is 3. The van der Waals surface area contributed by atoms with E-state index in [1.165, 1.54) is 11.3 Å². The van der Waals surface area contributed by atoms with Crippen molar-refractivity contribution in [2.24, 2.45) is 0 Å². The van der Waals surface area contributed by atoms with Gasteiger partial charge in [0.15, 0.2) is 11.0 Å². The molecule has 2 heterocycles. The summed E-state index contributed by atoms with van der Waals surface area (Å²) in [7, 11) is 0. The predicted molar refractivity (Wildman–Crippen MR) is 73.4 cm³/mol. The van der Waals surface area contributed by atoms with Crippen LogP contribution in [0.15, 0.2) is 36.4 Å². The van der Waals surface area contributed by atoms with Crippen molar-refractivity contribution in [1.82, 2.24) is 10.2 Å². The molecule has 0 aliphatic carbocycles. The Morgan fingerprint density at radius 3 is 2.78 bits per heavy atom. The van der Waals surface area contributed by atoms with E-state index in [9.17, 15) is 0 Å². The summed E-state index contributed by atoms with van der Waals surface area (Å²) < 4.78 is 0. The van der Waals surface area contributed by atoms with Crippen LogP contribution in [-0.4, -0.2) is 16.2 Å². The van der Waals surface area contributed by atoms with Crippen LogP contribution in [0.3, 0.4) is 0 Å². The smallest absolute Gasteiger partial charge is 0.156 e. The quantitative estimate of drug-likeness (QED) is 0.784. The van der Waals surface area contributed by atoms with Crippen LogP contribution in [0.4, 0.5) is 11.5 Å². The van der Waals surface area contributed by atoms with Crippen LogP contribution in [0.2, 0.25) is 5.15 Å². The lowest BCUT2D eigenvalue weighted by Crippen LogP contribution is -2.33. The molecule has 0 fully saturated rings. The van der Waals surface area contributed by atoms with Crippen molar-refractivity contribution in [3.63, 3.8) is 0 Å². The molecule has 0 saturated heterocycles. The molecule has 0 saturated carbocycles. The van der Waals surface area contributed by atoms with Gasteiger partial charge in [0.25, 0.3) is 0 Å². The molecule has 2 aromatic rings. The zero-order chi connectivity index (χ0) is 12.5. The molecule has 1 atom stereocenters. The summed E-state index contributed by atoms with van der Waals surface area (Å²) in [6, 6.07) is 12.6. The third-order valence-electron chi connectivity index (χ3n) is 3.39. The molecule has 0 amide bonds. The van der Waals surface area contributed by atoms with Gasteiger partial charge in [-0.1, -0.05) is 29.8 Å². The molecular weight excluding hydrogens is 246 g/mol. The second-order valence-electron chi connectivity index (χ2n) is 4.60. The van der Waals surface area contributed by atoms with E-state index in [0.29, 0.717) is 11.2 Å². The minimum absolute atomic E-state index is 0.426. The van der Waals surface area contributed by atoms with Gasteiger partial charge in [0.2, 0.25) is 0 Å². The Morgan fingerprint density at radius 2 is 2.00 bits per heavy atom. The molecule has 0 bridgehead atoms. The standard InChI is InChI=1S/C14H14ClN3/c1-10-6-7-11-4-2-3-5-12(11)18(10)14-9-8-13(15)16-17-14/h2-5,8-10H,6-7H2,1H3. The van der Waals surface area contributed by atoms with E-state index in [-0.39, 0.29) is 0 Å². The molecule has 92 valence electrons. The van der Waals surface area contributed by atoms with Gasteiger partial charge in [-0.3, -0.25) is 0 Å². The van der Waals surface area contributed by atoms with E-state index < -0.39 is 0 Å². The van der Waals surface area contributed by atoms with Crippen molar-refractivity contribution < 1.29 is 0 Å². The molecule has 1 aliphatic rings. The van der Waals surface area contributed by atoms with Crippen molar-refractivity contribution in [2.45, 2.75) is 25.8 Å². The molecule has 1 aliphatic heterocycles. The van der Waals surface area contributed by atoms with Crippen molar-refractivity contribution in [2.75, 3.05) is 4.90 Å². The zero-order valence-electron chi connectivity index (χ0n) is 10.2. The zero-order valence-corrected chi connectivity index (χ0v) is 10.9. The van der Waals surface area contributed by atoms with Crippen molar-refractivity contribution in [3.8, 4) is 0 Å². The van der Waals surface area contributed by atoms with Crippen molar-refractivity contribution in [3.05, 3.63) is 47.1 Å². The van der Waals surface area contributed by atoms with Gasteiger partial charge >= 0.3 is 0 Å². The molecular formula is C14H14ClN3. The van der Waals surface area contributed by atoms with E-state index >= 15 is 0 Å². The summed E-state index contributed by atoms with van der Waals surface area (Å²) in [6.07, 6.45) is 2.25. The first-order valence-electron chi connectivity index (χ1n) is 6.12. The number of para-hydroxylation sites is 1. The maximum Gasteiger partial charge on any atom is 0.156 e. The van der Waals surface area contributed by atoms with Gasteiger partial charge in [0.05, 0.1) is 0 Å². The average molecular weight is 260 g/mol. The highest BCUT2D eigenvalue weighted by Crippen LogP contribution is 2.35. The molecule has 3 nitrogen and oxygen atoms in total. The molecule has 0 spiro atoms. The first kappa shape index (κ1) is 11.5. The highest BCUT2D eigenvalue weighted by molar-refractivity contribution is 6.29. The lowest BCUT2D eigenvalue weighted by atomic mass is 9.97. The lowest BCUT2D eigenvalue weighted by Gasteiger charge is -2.35. The Balaban J connectivity index is 2.07. The average Bonchev–Trinajstić information content (AvgIpc) is 2.40. The second kappa shape index (κ2) is 4.58. The number of rotatable bonds is 1. The number of halogens is 1. The maximum atomic E-state index is 5.80. The van der Waals surface area contributed by atoms with Crippen LogP contribution in [-0.2, 0) is 6.42 Å². The molecule has 1 aromatic heterocycles. The molecule has 3 rings (SSSR count). The first-order chi connectivity index (χ1) is 8.75. The maximum absolute atomic E-state index is 5.80. The summed E-state index contributed by atoms with van der Waals surface area (Å²) >= 11 is 5.80. The fraction of sp³-hybridized carbons (Fsp3) is 0.286. The number of aryl methyl sites for hydroxylation is 1. The van der Waals surface area contributed by atoms with Crippen LogP contribution >= 0.6 is 11.6 Å². The molecule has 0 N–H and O–H groups in total. The Labute approximate surface area is 111 Å². The molecule has 1 unspecified atom stereocenters. The third-order valence-corrected chi connectivity index (χ3v) is 3.59. The summed E-state index contributed by atoms with van der Waals surface area (Å²) in [5.41, 5.74) is 2.60. The Kier molecular flexibility index (Phi) is 2.92. The summed E-state index contributed by atoms with van der Waals surface area (Å²) in [4.78, 5) is 2.24. The summed E-state index contributed by atoms with van der Waals surface area (Å²) in [6.45, 7) is 2.21. The molecule has 1 aromatic carbocycles. The van der Waals surface area contributed by atoms with E-state index in [2.05, 4.69) is 46.3 Å². The number of benzene rings is 1. The fourth-order valence-electron chi connectivity index (χ4n) is 2.47. The molecule has 0 radical (unpaired) electrons. The van der Waals surface area contributed by atoms with Crippen LogP contribution in [0.5, 0.6) is 0 Å². The van der Waals surface area contributed by atoms with E-state index in [1.54, 1.807) is 6.07 Å². The Hall–Kier alpha value is -1.61. The largest absolute Gasteiger partial charge is 0.322 e. The fourth-order valence-corrected chi connectivity index (χ4v) is 2.58. The number of hydrogen-bond acceptors (Lipinski definition) is 3. The SMILES string of the molecule is CC1CCc2ccccc2N1c1ccc(Cl)nn1. The van der Waals surface area contributed by atoms with Gasteiger partial charge < -0.3 is 4.90 Å². The minimum Gasteiger partial charge on any atom is -0.322 e. The highest BCUT2D eigenvalue weighted by atomic mass is 35.5. The Morgan fingerprint density at radius 1 is 1.17 bits per heavy atom. The van der Waals surface area contributed by atoms with E-state index in [0.717, 1.165) is 18.7 Å². The Bertz CT molecular complexity index is 553. The summed E-state index contributed by atoms with van der Waals surface area (Å²) in [5, 5.41) is 8.56. The van der Waals surface area contributed by atoms with Crippen LogP contribution in [0.1, 0.15) is 18.9 Å². The van der Waals surface area contributed by atoms with Crippen LogP contribution in [0.25, 0.3) is 0 Å². The van der Waals surface area contributed by atoms with Crippen molar-refractivity contribution in [1.29, 1.82) is 0 Å². The molecule has 4 heteroatoms. The molecule has 18 heavy (non-hydrogen) atoms. The van der Waals surface area contributed by atoms with Gasteiger partial charge in [0.1, 0.15) is 0 Å². The highest BCUT2D eigenvalue weighted by Gasteiger charge is 2.24. The number of hydrogen-bond donors (Lipinski definition) is 0. The first-order valence-corrected chi connectivity index (χ1v) is 6.50. The number of anilines is 2. The number of fused-ring (bicyclic) bond motifs is 1.